The zero-order valence-electron chi connectivity index (χ0n) is 43.5. The number of anilines is 1. The SMILES string of the molecule is CCCCCCCC/C=C\CCCCCCCCCCCCC/C=C/C(=O)SCCNC(=O)CCNC(=O)[C@H](O)C(C)(C)COP(=O)(O)OP(=O)(O)OC[C@H]1O[C@@H](n2cnc3c(N)ncnc32)[C@H](O)[C@@H]1OP(=O)(O)O. The molecule has 3 rings (SSSR count). The van der Waals surface area contributed by atoms with Crippen LogP contribution in [0, 0.1) is 5.41 Å². The highest BCUT2D eigenvalue weighted by molar-refractivity contribution is 8.14. The Morgan fingerprint density at radius 3 is 1.96 bits per heavy atom. The summed E-state index contributed by atoms with van der Waals surface area (Å²) in [5.41, 5.74) is 4.29. The summed E-state index contributed by atoms with van der Waals surface area (Å²) in [5, 5.41) is 26.5. The molecule has 428 valence electrons. The van der Waals surface area contributed by atoms with Crippen LogP contribution in [0.2, 0.25) is 0 Å². The first kappa shape index (κ1) is 66.3. The van der Waals surface area contributed by atoms with Crippen molar-refractivity contribution in [2.24, 2.45) is 5.41 Å². The van der Waals surface area contributed by atoms with Gasteiger partial charge in [-0.15, -0.1) is 0 Å². The number of thioether (sulfide) groups is 1. The molecule has 0 radical (unpaired) electrons. The van der Waals surface area contributed by atoms with Gasteiger partial charge in [0.25, 0.3) is 0 Å². The molecule has 10 N–H and O–H groups in total. The van der Waals surface area contributed by atoms with Crippen molar-refractivity contribution in [1.29, 1.82) is 0 Å². The molecular formula is C47H82N7O17P3S. The van der Waals surface area contributed by atoms with E-state index < -0.39 is 84.6 Å². The summed E-state index contributed by atoms with van der Waals surface area (Å²) < 4.78 is 62.5. The minimum atomic E-state index is -5.58. The number of unbranched alkanes of at least 4 members (excludes halogenated alkanes) is 18. The highest BCUT2D eigenvalue weighted by Gasteiger charge is 2.50. The zero-order valence-corrected chi connectivity index (χ0v) is 47.0. The number of nitrogens with zero attached hydrogens (tertiary/aromatic N) is 4. The van der Waals surface area contributed by atoms with Crippen LogP contribution in [-0.2, 0) is 50.7 Å². The third-order valence-corrected chi connectivity index (χ3v) is 16.1. The van der Waals surface area contributed by atoms with Crippen molar-refractivity contribution in [2.45, 2.75) is 186 Å². The van der Waals surface area contributed by atoms with Crippen molar-refractivity contribution < 1.29 is 80.5 Å². The highest BCUT2D eigenvalue weighted by atomic mass is 32.2. The number of phosphoric ester groups is 3. The first-order valence-electron chi connectivity index (χ1n) is 25.9. The number of nitrogens with two attached hydrogens (primary N) is 1. The average molecular weight is 1140 g/mol. The predicted octanol–water partition coefficient (Wildman–Crippen LogP) is 7.60. The smallest absolute Gasteiger partial charge is 0.386 e. The molecule has 24 nitrogen and oxygen atoms in total. The number of nitrogens with one attached hydrogen (secondary N) is 2. The van der Waals surface area contributed by atoms with E-state index in [2.05, 4.69) is 53.5 Å². The van der Waals surface area contributed by atoms with Crippen LogP contribution < -0.4 is 16.4 Å². The molecule has 2 aromatic rings. The Morgan fingerprint density at radius 2 is 1.37 bits per heavy atom. The normalized spacial score (nSPS) is 19.4. The Labute approximate surface area is 444 Å². The van der Waals surface area contributed by atoms with E-state index >= 15 is 0 Å². The highest BCUT2D eigenvalue weighted by Crippen LogP contribution is 2.61. The maximum Gasteiger partial charge on any atom is 0.481 e. The van der Waals surface area contributed by atoms with E-state index in [1.54, 1.807) is 6.08 Å². The molecule has 75 heavy (non-hydrogen) atoms. The van der Waals surface area contributed by atoms with Crippen LogP contribution >= 0.6 is 35.2 Å². The van der Waals surface area contributed by atoms with Crippen LogP contribution in [0.1, 0.15) is 162 Å². The summed E-state index contributed by atoms with van der Waals surface area (Å²) in [5.74, 6) is -1.10. The fraction of sp³-hybridized carbons (Fsp3) is 0.745. The largest absolute Gasteiger partial charge is 0.481 e. The van der Waals surface area contributed by atoms with E-state index in [-0.39, 0.29) is 41.6 Å². The fourth-order valence-corrected chi connectivity index (χ4v) is 11.3. The summed E-state index contributed by atoms with van der Waals surface area (Å²) in [6.45, 7) is 2.78. The number of carbonyl (C=O) groups excluding carboxylic acids is 3. The summed E-state index contributed by atoms with van der Waals surface area (Å²) in [7, 11) is -16.4. The second-order valence-electron chi connectivity index (χ2n) is 19.1. The van der Waals surface area contributed by atoms with E-state index in [0.717, 1.165) is 48.2 Å². The van der Waals surface area contributed by atoms with Crippen LogP contribution in [-0.4, -0.2) is 123 Å². The van der Waals surface area contributed by atoms with E-state index in [0.29, 0.717) is 5.75 Å². The van der Waals surface area contributed by atoms with E-state index in [4.69, 9.17) is 19.5 Å². The Balaban J connectivity index is 1.22. The number of amides is 2. The fourth-order valence-electron chi connectivity index (χ4n) is 7.90. The molecule has 0 bridgehead atoms. The standard InChI is InChI=1S/C47H82N7O17P3S/c1-4-5-6-7-8-9-10-11-12-13-14-15-16-17-18-19-20-21-22-23-24-25-26-27-38(56)75-31-30-49-37(55)28-29-50-45(59)42(58)47(2,3)33-68-74(65,66)71-73(63,64)67-32-36-41(70-72(60,61)62)40(57)46(69-36)54-35-53-39-43(48)51-34-52-44(39)54/h11-12,26-27,34-36,40-42,46,57-58H,4-10,13-25,28-33H2,1-3H3,(H,49,55)(H,50,59)(H,63,64)(H,65,66)(H2,48,51,52)(H2,60,61,62)/b12-11-,27-26+/t36-,40-,41-,42+,46-/m1/s1. The number of aromatic nitrogens is 4. The second kappa shape index (κ2) is 34.8. The molecule has 0 spiro atoms. The van der Waals surface area contributed by atoms with Gasteiger partial charge < -0.3 is 50.9 Å². The number of aliphatic hydroxyl groups excluding tert-OH is 2. The van der Waals surface area contributed by atoms with Crippen LogP contribution in [0.25, 0.3) is 11.2 Å². The van der Waals surface area contributed by atoms with Crippen molar-refractivity contribution in [3.63, 3.8) is 0 Å². The molecule has 3 heterocycles. The molecule has 0 aliphatic carbocycles. The maximum absolute atomic E-state index is 12.8. The Kier molecular flexibility index (Phi) is 30.8. The number of allylic oxidation sites excluding steroid dienone is 3. The number of rotatable bonds is 41. The van der Waals surface area contributed by atoms with Crippen molar-refractivity contribution in [3.05, 3.63) is 37.0 Å². The van der Waals surface area contributed by atoms with Gasteiger partial charge >= 0.3 is 23.5 Å². The van der Waals surface area contributed by atoms with Crippen LogP contribution in [0.4, 0.5) is 5.82 Å². The molecule has 7 atom stereocenters. The first-order valence-corrected chi connectivity index (χ1v) is 31.4. The molecule has 1 aliphatic rings. The van der Waals surface area contributed by atoms with Crippen molar-refractivity contribution >= 4 is 69.1 Å². The molecule has 1 saturated heterocycles. The molecule has 0 aromatic carbocycles. The number of hydrogen-bond donors (Lipinski definition) is 9. The van der Waals surface area contributed by atoms with Gasteiger partial charge in [-0.05, 0) is 44.6 Å². The first-order chi connectivity index (χ1) is 35.6. The van der Waals surface area contributed by atoms with Gasteiger partial charge in [0, 0.05) is 30.7 Å². The predicted molar refractivity (Wildman–Crippen MR) is 283 cm³/mol. The minimum Gasteiger partial charge on any atom is -0.386 e. The van der Waals surface area contributed by atoms with Crippen molar-refractivity contribution in [1.82, 2.24) is 30.2 Å². The van der Waals surface area contributed by atoms with Crippen molar-refractivity contribution in [3.8, 4) is 0 Å². The summed E-state index contributed by atoms with van der Waals surface area (Å²) >= 11 is 1.07. The Hall–Kier alpha value is -2.96. The van der Waals surface area contributed by atoms with Gasteiger partial charge in [0.2, 0.25) is 16.9 Å². The van der Waals surface area contributed by atoms with Crippen LogP contribution in [0.3, 0.4) is 0 Å². The van der Waals surface area contributed by atoms with Gasteiger partial charge in [0.15, 0.2) is 17.7 Å². The van der Waals surface area contributed by atoms with Crippen LogP contribution in [0.15, 0.2) is 37.0 Å². The Bertz CT molecular complexity index is 2240. The van der Waals surface area contributed by atoms with Crippen molar-refractivity contribution in [2.75, 3.05) is 37.8 Å². The quantitative estimate of drug-likeness (QED) is 0.0134. The lowest BCUT2D eigenvalue weighted by molar-refractivity contribution is -0.137. The number of nitrogen functional groups attached to an aromatic ring is 1. The number of aliphatic hydroxyl groups is 2. The number of phosphoric acid groups is 3. The van der Waals surface area contributed by atoms with Gasteiger partial charge in [-0.1, -0.05) is 141 Å². The monoisotopic (exact) mass is 1140 g/mol. The maximum atomic E-state index is 12.8. The molecule has 1 fully saturated rings. The molecule has 1 aliphatic heterocycles. The van der Waals surface area contributed by atoms with Gasteiger partial charge in [0.1, 0.15) is 36.3 Å². The lowest BCUT2D eigenvalue weighted by Gasteiger charge is -2.30. The zero-order chi connectivity index (χ0) is 55.3. The van der Waals surface area contributed by atoms with Gasteiger partial charge in [-0.25, -0.2) is 28.6 Å². The number of imidazole rings is 1. The van der Waals surface area contributed by atoms with Gasteiger partial charge in [-0.3, -0.25) is 32.5 Å². The molecule has 28 heteroatoms. The summed E-state index contributed by atoms with van der Waals surface area (Å²) in [6, 6.07) is 0. The summed E-state index contributed by atoms with van der Waals surface area (Å²) in [4.78, 5) is 88.5. The molecule has 2 aromatic heterocycles. The number of hydrogen-bond acceptors (Lipinski definition) is 18. The lowest BCUT2D eigenvalue weighted by atomic mass is 9.87. The summed E-state index contributed by atoms with van der Waals surface area (Å²) in [6.07, 6.45) is 26.5. The van der Waals surface area contributed by atoms with E-state index in [1.807, 2.05) is 6.08 Å². The van der Waals surface area contributed by atoms with E-state index in [9.17, 15) is 57.9 Å². The topological polar surface area (TPSA) is 364 Å². The average Bonchev–Trinajstić information content (AvgIpc) is 3.91. The molecule has 2 amide bonds. The second-order valence-corrected chi connectivity index (χ2v) is 24.5. The molecule has 0 saturated carbocycles. The van der Waals surface area contributed by atoms with Gasteiger partial charge in [0.05, 0.1) is 19.5 Å². The Morgan fingerprint density at radius 1 is 0.813 bits per heavy atom. The van der Waals surface area contributed by atoms with Crippen LogP contribution in [0.5, 0.6) is 0 Å². The van der Waals surface area contributed by atoms with E-state index in [1.165, 1.54) is 123 Å². The number of fused-ring (bicyclic) bond motifs is 1. The number of ether oxygens (including phenoxy) is 1. The number of carbonyl (C=O) groups is 3. The van der Waals surface area contributed by atoms with Gasteiger partial charge in [-0.2, -0.15) is 4.31 Å². The minimum absolute atomic E-state index is 0.0326. The lowest BCUT2D eigenvalue weighted by Crippen LogP contribution is -2.46. The molecule has 2 unspecified atom stereocenters. The molecular weight excluding hydrogens is 1060 g/mol. The third-order valence-electron chi connectivity index (χ3n) is 12.1. The third kappa shape index (κ3) is 27.0.